The van der Waals surface area contributed by atoms with Crippen LogP contribution in [0.15, 0.2) is 18.2 Å². The molecule has 1 aromatic rings. The topological polar surface area (TPSA) is 47.6 Å². The van der Waals surface area contributed by atoms with Crippen LogP contribution in [0.3, 0.4) is 0 Å². The monoisotopic (exact) mass is 207 g/mol. The van der Waals surface area contributed by atoms with Gasteiger partial charge in [-0.3, -0.25) is 0 Å². The first-order chi connectivity index (χ1) is 7.20. The maximum Gasteiger partial charge on any atom is 0.412 e. The first kappa shape index (κ1) is 9.83. The molecule has 1 N–H and O–H groups in total. The molecule has 0 aliphatic carbocycles. The van der Waals surface area contributed by atoms with Gasteiger partial charge in [-0.2, -0.15) is 0 Å². The number of para-hydroxylation sites is 1. The van der Waals surface area contributed by atoms with Crippen LogP contribution in [0.5, 0.6) is 11.5 Å². The first-order valence-electron chi connectivity index (χ1n) is 4.89. The largest absolute Gasteiger partial charge is 0.486 e. The maximum absolute atomic E-state index is 11.1. The van der Waals surface area contributed by atoms with Gasteiger partial charge in [-0.25, -0.2) is 4.79 Å². The highest BCUT2D eigenvalue weighted by molar-refractivity contribution is 5.71. The van der Waals surface area contributed by atoms with Crippen LogP contribution in [-0.4, -0.2) is 19.2 Å². The molecule has 1 heterocycles. The van der Waals surface area contributed by atoms with Crippen LogP contribution in [0.4, 0.5) is 4.79 Å². The summed E-state index contributed by atoms with van der Waals surface area (Å²) < 4.78 is 10.7. The number of benzene rings is 1. The molecule has 4 heteroatoms. The summed E-state index contributed by atoms with van der Waals surface area (Å²) in [5.74, 6) is 1.17. The fraction of sp³-hybridized carbons (Fsp3) is 0.364. The van der Waals surface area contributed by atoms with E-state index in [0.717, 1.165) is 12.0 Å². The Hall–Kier alpha value is -1.71. The Morgan fingerprint density at radius 2 is 2.40 bits per heavy atom. The first-order valence-corrected chi connectivity index (χ1v) is 4.89. The fourth-order valence-corrected chi connectivity index (χ4v) is 1.64. The van der Waals surface area contributed by atoms with Gasteiger partial charge in [0.1, 0.15) is 6.10 Å². The molecular formula is C11H13NO3. The molecule has 1 amide bonds. The van der Waals surface area contributed by atoms with Gasteiger partial charge in [-0.1, -0.05) is 12.1 Å². The summed E-state index contributed by atoms with van der Waals surface area (Å²) in [5.41, 5.74) is 1.09. The van der Waals surface area contributed by atoms with Crippen molar-refractivity contribution in [3.8, 4) is 11.5 Å². The van der Waals surface area contributed by atoms with E-state index in [0.29, 0.717) is 11.5 Å². The smallest absolute Gasteiger partial charge is 0.412 e. The number of ether oxygens (including phenoxy) is 2. The Morgan fingerprint density at radius 1 is 1.60 bits per heavy atom. The lowest BCUT2D eigenvalue weighted by Crippen LogP contribution is -2.22. The van der Waals surface area contributed by atoms with E-state index in [1.54, 1.807) is 6.07 Å². The van der Waals surface area contributed by atoms with Crippen LogP contribution >= 0.6 is 0 Å². The molecular weight excluding hydrogens is 194 g/mol. The molecule has 0 saturated carbocycles. The number of nitrogens with one attached hydrogen (secondary N) is 1. The Kier molecular flexibility index (Phi) is 2.49. The van der Waals surface area contributed by atoms with Gasteiger partial charge in [-0.15, -0.1) is 0 Å². The molecule has 15 heavy (non-hydrogen) atoms. The van der Waals surface area contributed by atoms with Gasteiger partial charge >= 0.3 is 6.09 Å². The highest BCUT2D eigenvalue weighted by Gasteiger charge is 2.23. The van der Waals surface area contributed by atoms with E-state index in [4.69, 9.17) is 9.47 Å². The summed E-state index contributed by atoms with van der Waals surface area (Å²) in [6.45, 7) is 1.99. The Morgan fingerprint density at radius 3 is 3.13 bits per heavy atom. The zero-order valence-electron chi connectivity index (χ0n) is 8.74. The molecule has 80 valence electrons. The highest BCUT2D eigenvalue weighted by Crippen LogP contribution is 2.37. The minimum Gasteiger partial charge on any atom is -0.486 e. The van der Waals surface area contributed by atoms with Crippen LogP contribution in [-0.2, 0) is 6.42 Å². The Bertz CT molecular complexity index is 389. The predicted molar refractivity (Wildman–Crippen MR) is 55.3 cm³/mol. The van der Waals surface area contributed by atoms with Crippen molar-refractivity contribution < 1.29 is 14.3 Å². The zero-order valence-corrected chi connectivity index (χ0v) is 8.74. The third kappa shape index (κ3) is 1.88. The third-order valence-corrected chi connectivity index (χ3v) is 2.29. The minimum absolute atomic E-state index is 0.148. The average Bonchev–Trinajstić information content (AvgIpc) is 2.59. The van der Waals surface area contributed by atoms with E-state index in [1.165, 1.54) is 7.05 Å². The molecule has 1 aliphatic rings. The van der Waals surface area contributed by atoms with Crippen LogP contribution < -0.4 is 14.8 Å². The second-order valence-corrected chi connectivity index (χ2v) is 3.52. The molecule has 0 fully saturated rings. The number of fused-ring (bicyclic) bond motifs is 1. The summed E-state index contributed by atoms with van der Waals surface area (Å²) in [6, 6.07) is 5.57. The summed E-state index contributed by atoms with van der Waals surface area (Å²) in [7, 11) is 1.52. The van der Waals surface area contributed by atoms with Crippen LogP contribution in [0.1, 0.15) is 12.5 Å². The van der Waals surface area contributed by atoms with E-state index in [1.807, 2.05) is 19.1 Å². The van der Waals surface area contributed by atoms with Gasteiger partial charge in [-0.05, 0) is 13.0 Å². The van der Waals surface area contributed by atoms with E-state index in [2.05, 4.69) is 5.32 Å². The molecule has 0 radical (unpaired) electrons. The molecule has 1 atom stereocenters. The van der Waals surface area contributed by atoms with Gasteiger partial charge in [0.05, 0.1) is 0 Å². The van der Waals surface area contributed by atoms with Crippen molar-refractivity contribution in [3.63, 3.8) is 0 Å². The molecule has 2 rings (SSSR count). The number of hydrogen-bond acceptors (Lipinski definition) is 3. The lowest BCUT2D eigenvalue weighted by Gasteiger charge is -2.08. The predicted octanol–water partition coefficient (Wildman–Crippen LogP) is 1.73. The summed E-state index contributed by atoms with van der Waals surface area (Å²) in [5, 5.41) is 2.40. The third-order valence-electron chi connectivity index (χ3n) is 2.29. The fourth-order valence-electron chi connectivity index (χ4n) is 1.64. The van der Waals surface area contributed by atoms with Crippen LogP contribution in [0.25, 0.3) is 0 Å². The lowest BCUT2D eigenvalue weighted by molar-refractivity contribution is 0.196. The molecule has 0 bridgehead atoms. The van der Waals surface area contributed by atoms with Crippen molar-refractivity contribution in [1.82, 2.24) is 5.32 Å². The maximum atomic E-state index is 11.1. The number of carbonyl (C=O) groups excluding carboxylic acids is 1. The number of rotatable bonds is 1. The highest BCUT2D eigenvalue weighted by atomic mass is 16.6. The average molecular weight is 207 g/mol. The van der Waals surface area contributed by atoms with E-state index >= 15 is 0 Å². The van der Waals surface area contributed by atoms with E-state index in [9.17, 15) is 4.79 Å². The van der Waals surface area contributed by atoms with Gasteiger partial charge in [0.2, 0.25) is 0 Å². The van der Waals surface area contributed by atoms with Crippen LogP contribution in [0, 0.1) is 0 Å². The molecule has 1 aliphatic heterocycles. The van der Waals surface area contributed by atoms with Crippen molar-refractivity contribution in [2.75, 3.05) is 7.05 Å². The minimum atomic E-state index is -0.480. The molecule has 4 nitrogen and oxygen atoms in total. The van der Waals surface area contributed by atoms with Gasteiger partial charge in [0.25, 0.3) is 0 Å². The van der Waals surface area contributed by atoms with Crippen LogP contribution in [0.2, 0.25) is 0 Å². The molecule has 0 unspecified atom stereocenters. The van der Waals surface area contributed by atoms with Crippen molar-refractivity contribution in [1.29, 1.82) is 0 Å². The second kappa shape index (κ2) is 3.81. The summed E-state index contributed by atoms with van der Waals surface area (Å²) in [4.78, 5) is 11.1. The van der Waals surface area contributed by atoms with Crippen molar-refractivity contribution in [2.45, 2.75) is 19.4 Å². The lowest BCUT2D eigenvalue weighted by atomic mass is 10.1. The normalized spacial score (nSPS) is 17.9. The summed E-state index contributed by atoms with van der Waals surface area (Å²) in [6.07, 6.45) is 0.529. The standard InChI is InChI=1S/C11H13NO3/c1-7-6-8-4-3-5-9(10(8)14-7)15-11(13)12-2/h3-5,7H,6H2,1-2H3,(H,12,13)/t7-/m0/s1. The zero-order chi connectivity index (χ0) is 10.8. The second-order valence-electron chi connectivity index (χ2n) is 3.52. The van der Waals surface area contributed by atoms with Gasteiger partial charge < -0.3 is 14.8 Å². The van der Waals surface area contributed by atoms with E-state index < -0.39 is 6.09 Å². The molecule has 1 aromatic carbocycles. The van der Waals surface area contributed by atoms with Gasteiger partial charge in [0.15, 0.2) is 11.5 Å². The van der Waals surface area contributed by atoms with Crippen molar-refractivity contribution >= 4 is 6.09 Å². The molecule has 0 saturated heterocycles. The molecule has 0 spiro atoms. The molecule has 0 aromatic heterocycles. The van der Waals surface area contributed by atoms with Crippen molar-refractivity contribution in [3.05, 3.63) is 23.8 Å². The van der Waals surface area contributed by atoms with E-state index in [-0.39, 0.29) is 6.10 Å². The number of hydrogen-bond donors (Lipinski definition) is 1. The summed E-state index contributed by atoms with van der Waals surface area (Å²) >= 11 is 0. The van der Waals surface area contributed by atoms with Gasteiger partial charge in [0, 0.05) is 19.0 Å². The number of carbonyl (C=O) groups is 1. The van der Waals surface area contributed by atoms with Crippen molar-refractivity contribution in [2.24, 2.45) is 0 Å². The number of amides is 1. The Balaban J connectivity index is 2.26. The SMILES string of the molecule is CNC(=O)Oc1cccc2c1O[C@@H](C)C2. The Labute approximate surface area is 88.2 Å². The quantitative estimate of drug-likeness (QED) is 0.762.